The van der Waals surface area contributed by atoms with Gasteiger partial charge in [0.05, 0.1) is 5.56 Å². The Morgan fingerprint density at radius 3 is 2.72 bits per heavy atom. The lowest BCUT2D eigenvalue weighted by Gasteiger charge is -2.32. The van der Waals surface area contributed by atoms with E-state index in [1.807, 2.05) is 12.3 Å². The van der Waals surface area contributed by atoms with Crippen molar-refractivity contribution in [2.45, 2.75) is 19.4 Å². The molecular formula is C20H24N6O3. The number of hydroxylamine groups is 1. The van der Waals surface area contributed by atoms with Crippen molar-refractivity contribution in [3.05, 3.63) is 47.9 Å². The molecule has 3 aromatic rings. The smallest absolute Gasteiger partial charge is 0.277 e. The maximum atomic E-state index is 11.3. The Hall–Kier alpha value is -3.17. The fraction of sp³-hybridized carbons (Fsp3) is 0.350. The number of carbonyl (C=O) groups is 1. The Kier molecular flexibility index (Phi) is 5.59. The van der Waals surface area contributed by atoms with Crippen LogP contribution in [0.2, 0.25) is 0 Å². The van der Waals surface area contributed by atoms with Crippen LogP contribution in [0.1, 0.15) is 28.8 Å². The summed E-state index contributed by atoms with van der Waals surface area (Å²) >= 11 is 0. The first-order valence-electron chi connectivity index (χ1n) is 9.65. The molecular weight excluding hydrogens is 372 g/mol. The Morgan fingerprint density at radius 1 is 1.24 bits per heavy atom. The van der Waals surface area contributed by atoms with E-state index in [1.165, 1.54) is 12.4 Å². The highest BCUT2D eigenvalue weighted by atomic mass is 16.5. The molecule has 0 aliphatic carbocycles. The first-order chi connectivity index (χ1) is 14.1. The molecule has 1 aliphatic rings. The van der Waals surface area contributed by atoms with Gasteiger partial charge in [0.1, 0.15) is 5.75 Å². The third-order valence-electron chi connectivity index (χ3n) is 5.40. The largest absolute Gasteiger partial charge is 0.508 e. The second-order valence-corrected chi connectivity index (χ2v) is 7.32. The van der Waals surface area contributed by atoms with Crippen molar-refractivity contribution in [1.29, 1.82) is 0 Å². The summed E-state index contributed by atoms with van der Waals surface area (Å²) in [4.78, 5) is 25.1. The van der Waals surface area contributed by atoms with Gasteiger partial charge >= 0.3 is 0 Å². The third-order valence-corrected chi connectivity index (χ3v) is 5.40. The van der Waals surface area contributed by atoms with E-state index < -0.39 is 5.91 Å². The summed E-state index contributed by atoms with van der Waals surface area (Å²) in [6.45, 7) is 3.40. The Balaban J connectivity index is 1.25. The number of rotatable bonds is 6. The number of anilines is 1. The first kappa shape index (κ1) is 19.2. The second kappa shape index (κ2) is 8.46. The number of piperidine rings is 1. The minimum absolute atomic E-state index is 0.223. The van der Waals surface area contributed by atoms with Gasteiger partial charge in [-0.3, -0.25) is 10.0 Å². The number of aromatic hydroxyl groups is 1. The van der Waals surface area contributed by atoms with Gasteiger partial charge in [-0.25, -0.2) is 15.4 Å². The van der Waals surface area contributed by atoms with Crippen LogP contribution in [-0.4, -0.2) is 50.8 Å². The van der Waals surface area contributed by atoms with Crippen LogP contribution >= 0.6 is 0 Å². The number of aromatic nitrogens is 3. The van der Waals surface area contributed by atoms with E-state index in [-0.39, 0.29) is 11.3 Å². The Morgan fingerprint density at radius 2 is 2.00 bits per heavy atom. The average molecular weight is 396 g/mol. The summed E-state index contributed by atoms with van der Waals surface area (Å²) in [5.74, 6) is 0.832. The Labute approximate surface area is 167 Å². The zero-order chi connectivity index (χ0) is 20.2. The van der Waals surface area contributed by atoms with E-state index in [4.69, 9.17) is 5.21 Å². The summed E-state index contributed by atoms with van der Waals surface area (Å²) < 4.78 is 0. The van der Waals surface area contributed by atoms with Gasteiger partial charge in [0, 0.05) is 49.1 Å². The molecule has 1 amide bonds. The van der Waals surface area contributed by atoms with E-state index in [1.54, 1.807) is 17.6 Å². The molecule has 152 valence electrons. The summed E-state index contributed by atoms with van der Waals surface area (Å²) in [7, 11) is 0. The minimum atomic E-state index is -0.619. The number of phenolic OH excluding ortho intramolecular Hbond substituents is 1. The van der Waals surface area contributed by atoms with Crippen LogP contribution in [0, 0.1) is 5.92 Å². The molecule has 3 heterocycles. The molecule has 4 rings (SSSR count). The van der Waals surface area contributed by atoms with E-state index in [9.17, 15) is 9.90 Å². The highest BCUT2D eigenvalue weighted by molar-refractivity contribution is 5.92. The molecule has 0 radical (unpaired) electrons. The summed E-state index contributed by atoms with van der Waals surface area (Å²) in [6.07, 6.45) is 6.88. The number of fused-ring (bicyclic) bond motifs is 1. The van der Waals surface area contributed by atoms with Crippen molar-refractivity contribution in [3.8, 4) is 5.75 Å². The molecule has 0 bridgehead atoms. The van der Waals surface area contributed by atoms with Crippen molar-refractivity contribution in [2.75, 3.05) is 24.5 Å². The molecule has 0 unspecified atom stereocenters. The summed E-state index contributed by atoms with van der Waals surface area (Å²) in [5.41, 5.74) is 3.97. The zero-order valence-electron chi connectivity index (χ0n) is 15.9. The molecule has 0 atom stereocenters. The van der Waals surface area contributed by atoms with Crippen molar-refractivity contribution in [2.24, 2.45) is 5.92 Å². The van der Waals surface area contributed by atoms with Gasteiger partial charge in [-0.15, -0.1) is 0 Å². The third kappa shape index (κ3) is 4.30. The highest BCUT2D eigenvalue weighted by Crippen LogP contribution is 2.23. The first-order valence-corrected chi connectivity index (χ1v) is 9.65. The van der Waals surface area contributed by atoms with Gasteiger partial charge < -0.3 is 20.3 Å². The Bertz CT molecular complexity index is 980. The quantitative estimate of drug-likeness (QED) is 0.318. The second-order valence-electron chi connectivity index (χ2n) is 7.32. The summed E-state index contributed by atoms with van der Waals surface area (Å²) in [6, 6.07) is 5.36. The van der Waals surface area contributed by atoms with E-state index in [2.05, 4.69) is 25.2 Å². The van der Waals surface area contributed by atoms with Crippen LogP contribution in [0.25, 0.3) is 10.9 Å². The lowest BCUT2D eigenvalue weighted by Crippen LogP contribution is -2.38. The maximum Gasteiger partial charge on any atom is 0.277 e. The molecule has 1 fully saturated rings. The van der Waals surface area contributed by atoms with Crippen molar-refractivity contribution in [3.63, 3.8) is 0 Å². The molecule has 1 aromatic carbocycles. The normalized spacial score (nSPS) is 15.0. The van der Waals surface area contributed by atoms with Crippen LogP contribution in [0.15, 0.2) is 36.8 Å². The fourth-order valence-electron chi connectivity index (χ4n) is 3.73. The molecule has 9 heteroatoms. The average Bonchev–Trinajstić information content (AvgIpc) is 3.16. The zero-order valence-corrected chi connectivity index (χ0v) is 15.9. The lowest BCUT2D eigenvalue weighted by atomic mass is 9.97. The standard InChI is InChI=1S/C20H24N6O3/c27-16-1-2-18-17(7-16)14(10-22-18)9-21-8-13-3-5-26(6-4-13)20-23-11-15(12-24-20)19(28)25-29/h1-2,7,10-13,21-22,27,29H,3-6,8-9H2,(H,25,28). The predicted octanol–water partition coefficient (Wildman–Crippen LogP) is 1.79. The number of nitrogens with one attached hydrogen (secondary N) is 3. The lowest BCUT2D eigenvalue weighted by molar-refractivity contribution is 0.0705. The summed E-state index contributed by atoms with van der Waals surface area (Å²) in [5, 5.41) is 22.9. The van der Waals surface area contributed by atoms with Gasteiger partial charge in [0.2, 0.25) is 5.95 Å². The molecule has 29 heavy (non-hydrogen) atoms. The van der Waals surface area contributed by atoms with Gasteiger partial charge in [-0.05, 0) is 49.1 Å². The fourth-order valence-corrected chi connectivity index (χ4v) is 3.73. The number of hydrogen-bond acceptors (Lipinski definition) is 7. The van der Waals surface area contributed by atoms with Crippen LogP contribution in [0.4, 0.5) is 5.95 Å². The number of phenols is 1. The number of amides is 1. The van der Waals surface area contributed by atoms with Crippen LogP contribution in [0.3, 0.4) is 0 Å². The van der Waals surface area contributed by atoms with Crippen LogP contribution < -0.4 is 15.7 Å². The van der Waals surface area contributed by atoms with Gasteiger partial charge in [0.15, 0.2) is 0 Å². The molecule has 0 spiro atoms. The van der Waals surface area contributed by atoms with Gasteiger partial charge in [-0.1, -0.05) is 0 Å². The SMILES string of the molecule is O=C(NO)c1cnc(N2CCC(CNCc3c[nH]c4ccc(O)cc34)CC2)nc1. The molecule has 5 N–H and O–H groups in total. The van der Waals surface area contributed by atoms with Crippen molar-refractivity contribution in [1.82, 2.24) is 25.7 Å². The van der Waals surface area contributed by atoms with Crippen molar-refractivity contribution < 1.29 is 15.1 Å². The van der Waals surface area contributed by atoms with E-state index in [0.717, 1.165) is 55.5 Å². The number of carbonyl (C=O) groups excluding carboxylic acids is 1. The number of aromatic amines is 1. The predicted molar refractivity (Wildman–Crippen MR) is 108 cm³/mol. The number of benzene rings is 1. The molecule has 1 saturated heterocycles. The van der Waals surface area contributed by atoms with Gasteiger partial charge in [-0.2, -0.15) is 0 Å². The molecule has 1 aliphatic heterocycles. The maximum absolute atomic E-state index is 11.3. The molecule has 0 saturated carbocycles. The van der Waals surface area contributed by atoms with E-state index >= 15 is 0 Å². The van der Waals surface area contributed by atoms with Crippen molar-refractivity contribution >= 4 is 22.8 Å². The number of hydrogen-bond donors (Lipinski definition) is 5. The van der Waals surface area contributed by atoms with E-state index in [0.29, 0.717) is 11.9 Å². The number of H-pyrrole nitrogens is 1. The molecule has 2 aromatic heterocycles. The topological polar surface area (TPSA) is 126 Å². The monoisotopic (exact) mass is 396 g/mol. The highest BCUT2D eigenvalue weighted by Gasteiger charge is 2.21. The van der Waals surface area contributed by atoms with Crippen LogP contribution in [0.5, 0.6) is 5.75 Å². The molecule has 9 nitrogen and oxygen atoms in total. The minimum Gasteiger partial charge on any atom is -0.508 e. The van der Waals surface area contributed by atoms with Gasteiger partial charge in [0.25, 0.3) is 5.91 Å². The number of nitrogens with zero attached hydrogens (tertiary/aromatic N) is 3. The van der Waals surface area contributed by atoms with Crippen LogP contribution in [-0.2, 0) is 6.54 Å².